The summed E-state index contributed by atoms with van der Waals surface area (Å²) in [7, 11) is 0.973. The molecule has 0 aromatic rings. The van der Waals surface area contributed by atoms with Crippen LogP contribution in [0, 0.1) is 5.41 Å². The van der Waals surface area contributed by atoms with Crippen LogP contribution < -0.4 is 10.6 Å². The van der Waals surface area contributed by atoms with Crippen molar-refractivity contribution in [3.8, 4) is 0 Å². The topological polar surface area (TPSA) is 53.5 Å². The lowest BCUT2D eigenvalue weighted by Gasteiger charge is -2.41. The average molecular weight is 302 g/mol. The molecule has 0 aromatic carbocycles. The highest BCUT2D eigenvalue weighted by atomic mass is 32.2. The van der Waals surface area contributed by atoms with Gasteiger partial charge in [-0.3, -0.25) is 9.20 Å². The van der Waals surface area contributed by atoms with Crippen LogP contribution in [0.15, 0.2) is 4.99 Å². The third kappa shape index (κ3) is 5.08. The van der Waals surface area contributed by atoms with E-state index < -0.39 is 10.8 Å². The number of nitrogens with one attached hydrogen (secondary N) is 2. The largest absolute Gasteiger partial charge is 0.356 e. The van der Waals surface area contributed by atoms with Crippen LogP contribution in [0.5, 0.6) is 0 Å². The Morgan fingerprint density at radius 2 is 1.95 bits per heavy atom. The van der Waals surface area contributed by atoms with E-state index in [-0.39, 0.29) is 4.75 Å². The zero-order valence-electron chi connectivity index (χ0n) is 13.7. The molecule has 2 N–H and O–H groups in total. The third-order valence-corrected chi connectivity index (χ3v) is 6.22. The van der Waals surface area contributed by atoms with Crippen molar-refractivity contribution >= 4 is 16.8 Å². The van der Waals surface area contributed by atoms with E-state index in [1.54, 1.807) is 7.05 Å². The molecule has 0 saturated heterocycles. The lowest BCUT2D eigenvalue weighted by molar-refractivity contribution is 0.131. The van der Waals surface area contributed by atoms with Crippen molar-refractivity contribution in [2.24, 2.45) is 10.4 Å². The molecule has 0 aromatic heterocycles. The molecule has 0 aliphatic heterocycles. The van der Waals surface area contributed by atoms with E-state index in [2.05, 4.69) is 22.5 Å². The first-order valence-corrected chi connectivity index (χ1v) is 8.98. The second kappa shape index (κ2) is 7.43. The SMILES string of the molecule is CCC1(CNC(=NC)NCCS(=O)C(C)(C)C)CCC1. The van der Waals surface area contributed by atoms with Gasteiger partial charge < -0.3 is 10.6 Å². The van der Waals surface area contributed by atoms with E-state index in [0.29, 0.717) is 17.7 Å². The minimum absolute atomic E-state index is 0.142. The van der Waals surface area contributed by atoms with Gasteiger partial charge >= 0.3 is 0 Å². The summed E-state index contributed by atoms with van der Waals surface area (Å²) in [6.07, 6.45) is 5.22. The summed E-state index contributed by atoms with van der Waals surface area (Å²) in [6.45, 7) is 9.99. The van der Waals surface area contributed by atoms with Gasteiger partial charge in [-0.2, -0.15) is 0 Å². The molecule has 118 valence electrons. The Morgan fingerprint density at radius 3 is 2.35 bits per heavy atom. The fourth-order valence-corrected chi connectivity index (χ4v) is 3.29. The number of hydrogen-bond donors (Lipinski definition) is 2. The van der Waals surface area contributed by atoms with Crippen LogP contribution >= 0.6 is 0 Å². The van der Waals surface area contributed by atoms with Gasteiger partial charge in [0.05, 0.1) is 0 Å². The normalized spacial score (nSPS) is 20.1. The molecule has 1 aliphatic rings. The minimum atomic E-state index is -0.814. The molecular weight excluding hydrogens is 270 g/mol. The average Bonchev–Trinajstić information content (AvgIpc) is 2.34. The Morgan fingerprint density at radius 1 is 1.30 bits per heavy atom. The molecule has 5 heteroatoms. The number of hydrogen-bond acceptors (Lipinski definition) is 2. The van der Waals surface area contributed by atoms with Gasteiger partial charge in [-0.05, 0) is 45.4 Å². The Labute approximate surface area is 126 Å². The predicted octanol–water partition coefficient (Wildman–Crippen LogP) is 2.28. The second-order valence-electron chi connectivity index (χ2n) is 6.72. The highest BCUT2D eigenvalue weighted by Crippen LogP contribution is 2.42. The van der Waals surface area contributed by atoms with E-state index in [4.69, 9.17) is 0 Å². The molecule has 1 atom stereocenters. The van der Waals surface area contributed by atoms with Crippen molar-refractivity contribution in [1.82, 2.24) is 10.6 Å². The van der Waals surface area contributed by atoms with E-state index in [1.165, 1.54) is 25.7 Å². The summed E-state index contributed by atoms with van der Waals surface area (Å²) in [5, 5.41) is 6.68. The first kappa shape index (κ1) is 17.5. The Bertz CT molecular complexity index is 351. The van der Waals surface area contributed by atoms with E-state index in [9.17, 15) is 4.21 Å². The summed E-state index contributed by atoms with van der Waals surface area (Å²) in [5.41, 5.74) is 0.478. The van der Waals surface area contributed by atoms with E-state index in [1.807, 2.05) is 20.8 Å². The monoisotopic (exact) mass is 301 g/mol. The van der Waals surface area contributed by atoms with Crippen LogP contribution in [0.1, 0.15) is 53.4 Å². The smallest absolute Gasteiger partial charge is 0.191 e. The van der Waals surface area contributed by atoms with Gasteiger partial charge in [0.25, 0.3) is 0 Å². The maximum atomic E-state index is 12.0. The van der Waals surface area contributed by atoms with Gasteiger partial charge in [-0.15, -0.1) is 0 Å². The second-order valence-corrected chi connectivity index (χ2v) is 9.05. The van der Waals surface area contributed by atoms with Crippen LogP contribution in [0.4, 0.5) is 0 Å². The van der Waals surface area contributed by atoms with E-state index in [0.717, 1.165) is 12.5 Å². The van der Waals surface area contributed by atoms with Gasteiger partial charge in [-0.1, -0.05) is 13.3 Å². The van der Waals surface area contributed by atoms with Crippen LogP contribution in [0.3, 0.4) is 0 Å². The summed E-state index contributed by atoms with van der Waals surface area (Å²) < 4.78 is 11.8. The zero-order chi connectivity index (χ0) is 15.2. The molecule has 1 fully saturated rings. The summed E-state index contributed by atoms with van der Waals surface area (Å²) >= 11 is 0. The molecule has 0 bridgehead atoms. The van der Waals surface area contributed by atoms with Gasteiger partial charge in [0, 0.05) is 41.4 Å². The first-order valence-electron chi connectivity index (χ1n) is 7.66. The van der Waals surface area contributed by atoms with Gasteiger partial charge in [0.2, 0.25) is 0 Å². The molecule has 0 spiro atoms. The number of guanidine groups is 1. The van der Waals surface area contributed by atoms with Crippen molar-refractivity contribution in [3.63, 3.8) is 0 Å². The maximum Gasteiger partial charge on any atom is 0.191 e. The Kier molecular flexibility index (Phi) is 6.49. The lowest BCUT2D eigenvalue weighted by atomic mass is 9.67. The fourth-order valence-electron chi connectivity index (χ4n) is 2.39. The zero-order valence-corrected chi connectivity index (χ0v) is 14.5. The molecule has 1 saturated carbocycles. The number of aliphatic imine (C=N–C) groups is 1. The first-order chi connectivity index (χ1) is 9.33. The summed E-state index contributed by atoms with van der Waals surface area (Å²) in [4.78, 5) is 4.24. The van der Waals surface area contributed by atoms with Crippen LogP contribution in [-0.4, -0.2) is 40.8 Å². The lowest BCUT2D eigenvalue weighted by Crippen LogP contribution is -2.47. The molecule has 1 unspecified atom stereocenters. The van der Waals surface area contributed by atoms with Crippen molar-refractivity contribution in [1.29, 1.82) is 0 Å². The fraction of sp³-hybridized carbons (Fsp3) is 0.933. The van der Waals surface area contributed by atoms with Crippen LogP contribution in [0.2, 0.25) is 0 Å². The molecule has 1 rings (SSSR count). The van der Waals surface area contributed by atoms with Crippen molar-refractivity contribution < 1.29 is 4.21 Å². The molecule has 1 aliphatic carbocycles. The van der Waals surface area contributed by atoms with Gasteiger partial charge in [0.1, 0.15) is 0 Å². The third-order valence-electron chi connectivity index (χ3n) is 4.28. The van der Waals surface area contributed by atoms with Crippen LogP contribution in [0.25, 0.3) is 0 Å². The number of nitrogens with zero attached hydrogens (tertiary/aromatic N) is 1. The molecule has 0 radical (unpaired) electrons. The summed E-state index contributed by atoms with van der Waals surface area (Å²) in [5.74, 6) is 1.49. The van der Waals surface area contributed by atoms with Crippen molar-refractivity contribution in [3.05, 3.63) is 0 Å². The molecular formula is C15H31N3OS. The highest BCUT2D eigenvalue weighted by molar-refractivity contribution is 7.86. The van der Waals surface area contributed by atoms with Gasteiger partial charge in [0.15, 0.2) is 5.96 Å². The number of rotatable bonds is 6. The predicted molar refractivity (Wildman–Crippen MR) is 88.7 cm³/mol. The Hall–Kier alpha value is -0.580. The quantitative estimate of drug-likeness (QED) is 0.584. The molecule has 20 heavy (non-hydrogen) atoms. The summed E-state index contributed by atoms with van der Waals surface area (Å²) in [6, 6.07) is 0. The highest BCUT2D eigenvalue weighted by Gasteiger charge is 2.34. The standard InChI is InChI=1S/C15H31N3OS/c1-6-15(8-7-9-15)12-18-13(16-5)17-10-11-20(19)14(2,3)4/h6-12H2,1-5H3,(H2,16,17,18). The van der Waals surface area contributed by atoms with E-state index >= 15 is 0 Å². The Balaban J connectivity index is 2.29. The van der Waals surface area contributed by atoms with Crippen LogP contribution in [-0.2, 0) is 10.8 Å². The minimum Gasteiger partial charge on any atom is -0.356 e. The molecule has 0 amide bonds. The van der Waals surface area contributed by atoms with Gasteiger partial charge in [-0.25, -0.2) is 0 Å². The van der Waals surface area contributed by atoms with Crippen molar-refractivity contribution in [2.75, 3.05) is 25.9 Å². The van der Waals surface area contributed by atoms with Crippen molar-refractivity contribution in [2.45, 2.75) is 58.1 Å². The molecule has 4 nitrogen and oxygen atoms in total. The molecule has 0 heterocycles. The maximum absolute atomic E-state index is 12.0.